The second kappa shape index (κ2) is 16.0. The molecule has 3 aliphatic rings. The van der Waals surface area contributed by atoms with Crippen molar-refractivity contribution >= 4 is 29.3 Å². The van der Waals surface area contributed by atoms with Crippen molar-refractivity contribution in [3.05, 3.63) is 47.5 Å². The highest BCUT2D eigenvalue weighted by atomic mass is 19.1. The van der Waals surface area contributed by atoms with Gasteiger partial charge in [-0.1, -0.05) is 32.8 Å². The monoisotopic (exact) mass is 667 g/mol. The highest BCUT2D eigenvalue weighted by Gasteiger charge is 2.37. The number of carbonyl (C=O) groups is 4. The van der Waals surface area contributed by atoms with Gasteiger partial charge in [-0.2, -0.15) is 5.10 Å². The predicted molar refractivity (Wildman–Crippen MR) is 179 cm³/mol. The predicted octanol–water partition coefficient (Wildman–Crippen LogP) is 3.15. The zero-order valence-corrected chi connectivity index (χ0v) is 28.5. The Morgan fingerprint density at radius 3 is 2.40 bits per heavy atom. The van der Waals surface area contributed by atoms with E-state index < -0.39 is 41.7 Å². The van der Waals surface area contributed by atoms with E-state index in [1.165, 1.54) is 12.1 Å². The van der Waals surface area contributed by atoms with E-state index in [2.05, 4.69) is 32.9 Å². The normalized spacial score (nSPS) is 23.6. The molecule has 4 atom stereocenters. The summed E-state index contributed by atoms with van der Waals surface area (Å²) in [6, 6.07) is 4.28. The molecular weight excluding hydrogens is 617 g/mol. The average Bonchev–Trinajstić information content (AvgIpc) is 3.80. The summed E-state index contributed by atoms with van der Waals surface area (Å²) in [4.78, 5) is 57.8. The number of benzene rings is 1. The summed E-state index contributed by atoms with van der Waals surface area (Å²) in [5.41, 5.74) is 0.837. The van der Waals surface area contributed by atoms with Gasteiger partial charge in [0.2, 0.25) is 17.7 Å². The molecule has 1 aromatic heterocycles. The van der Waals surface area contributed by atoms with E-state index in [1.807, 2.05) is 14.0 Å². The maximum Gasteiger partial charge on any atom is 0.270 e. The number of carbonyl (C=O) groups excluding carboxylic acids is 4. The Morgan fingerprint density at radius 1 is 1.02 bits per heavy atom. The van der Waals surface area contributed by atoms with E-state index in [-0.39, 0.29) is 23.4 Å². The molecule has 5 rings (SSSR count). The maximum atomic E-state index is 15.8. The molecule has 2 saturated heterocycles. The number of aromatic nitrogens is 2. The molecule has 262 valence electrons. The molecular formula is C35H50FN7O5. The number of piperazine rings is 1. The topological polar surface area (TPSA) is 138 Å². The van der Waals surface area contributed by atoms with Crippen LogP contribution >= 0.6 is 0 Å². The molecule has 2 aliphatic heterocycles. The van der Waals surface area contributed by atoms with Gasteiger partial charge in [-0.25, -0.2) is 4.39 Å². The minimum atomic E-state index is -0.921. The lowest BCUT2D eigenvalue weighted by Crippen LogP contribution is -2.56. The first kappa shape index (κ1) is 35.5. The molecule has 3 N–H and O–H groups in total. The van der Waals surface area contributed by atoms with Crippen molar-refractivity contribution in [2.24, 2.45) is 11.8 Å². The van der Waals surface area contributed by atoms with Gasteiger partial charge in [0.15, 0.2) is 0 Å². The Hall–Kier alpha value is -3.84. The van der Waals surface area contributed by atoms with Crippen LogP contribution in [-0.4, -0.2) is 101 Å². The fourth-order valence-corrected chi connectivity index (χ4v) is 6.98. The van der Waals surface area contributed by atoms with Crippen molar-refractivity contribution in [2.75, 3.05) is 45.2 Å². The summed E-state index contributed by atoms with van der Waals surface area (Å²) in [6.07, 6.45) is 5.71. The summed E-state index contributed by atoms with van der Waals surface area (Å²) < 4.78 is 22.9. The molecule has 3 heterocycles. The van der Waals surface area contributed by atoms with Gasteiger partial charge in [0.25, 0.3) is 5.91 Å². The van der Waals surface area contributed by atoms with Crippen LogP contribution in [0.15, 0.2) is 30.5 Å². The number of likely N-dealkylation sites (N-methyl/N-ethyl adjacent to an activating group) is 1. The number of aryl methyl sites for hydroxylation is 1. The van der Waals surface area contributed by atoms with E-state index in [9.17, 15) is 19.2 Å². The Labute approximate surface area is 282 Å². The van der Waals surface area contributed by atoms with Gasteiger partial charge in [0.05, 0.1) is 5.69 Å². The van der Waals surface area contributed by atoms with Crippen molar-refractivity contribution in [3.8, 4) is 0 Å². The fraction of sp³-hybridized carbons (Fsp3) is 0.629. The van der Waals surface area contributed by atoms with E-state index in [1.54, 1.807) is 34.8 Å². The Bertz CT molecular complexity index is 1440. The number of anilines is 1. The third-order valence-corrected chi connectivity index (χ3v) is 10.2. The number of rotatable bonds is 11. The number of ether oxygens (including phenoxy) is 1. The number of nitrogens with zero attached hydrogens (tertiary/aromatic N) is 4. The number of nitrogens with one attached hydrogen (secondary N) is 3. The number of halogens is 1. The molecule has 2 aromatic rings. The summed E-state index contributed by atoms with van der Waals surface area (Å²) in [5, 5.41) is 12.7. The standard InChI is InChI=1S/C35H50FN7O5/c1-5-43-28(14-15-37-43)32(44)40-31(24-10-8-22(2)9-11-24)34(46)38-27-13-12-25(21-26(27)36)23(3)30(39-33(45)29-7-6-20-48-29)35(47)42-18-16-41(4)17-19-42/h12-15,21-24,29-31H,5-11,16-20H2,1-4H3,(H,38,46)(H,39,45)(H,40,44)/t22?,23-,24?,29-,30+,31-/m0/s1. The molecule has 1 aliphatic carbocycles. The molecule has 0 spiro atoms. The number of hydrogen-bond acceptors (Lipinski definition) is 7. The van der Waals surface area contributed by atoms with Gasteiger partial charge in [-0.15, -0.1) is 0 Å². The van der Waals surface area contributed by atoms with Gasteiger partial charge in [-0.05, 0) is 75.3 Å². The molecule has 0 unspecified atom stereocenters. The van der Waals surface area contributed by atoms with Crippen LogP contribution in [0.25, 0.3) is 0 Å². The van der Waals surface area contributed by atoms with Gasteiger partial charge in [0.1, 0.15) is 29.7 Å². The lowest BCUT2D eigenvalue weighted by molar-refractivity contribution is -0.140. The van der Waals surface area contributed by atoms with Crippen LogP contribution in [0.4, 0.5) is 10.1 Å². The summed E-state index contributed by atoms with van der Waals surface area (Å²) in [7, 11) is 2.00. The van der Waals surface area contributed by atoms with Gasteiger partial charge < -0.3 is 30.5 Å². The van der Waals surface area contributed by atoms with E-state index in [0.29, 0.717) is 49.8 Å². The van der Waals surface area contributed by atoms with Crippen molar-refractivity contribution in [1.82, 2.24) is 30.2 Å². The van der Waals surface area contributed by atoms with Crippen LogP contribution in [0.1, 0.15) is 81.3 Å². The Morgan fingerprint density at radius 2 is 1.75 bits per heavy atom. The SMILES string of the molecule is CCn1nccc1C(=O)N[C@H](C(=O)Nc1ccc([C@H](C)[C@@H](NC(=O)[C@@H]2CCCO2)C(=O)N2CCN(C)CC2)cc1F)C1CCC(C)CC1. The van der Waals surface area contributed by atoms with E-state index >= 15 is 4.39 Å². The van der Waals surface area contributed by atoms with Crippen LogP contribution in [0.5, 0.6) is 0 Å². The van der Waals surface area contributed by atoms with Crippen molar-refractivity contribution in [2.45, 2.75) is 89.9 Å². The van der Waals surface area contributed by atoms with Crippen LogP contribution in [-0.2, 0) is 25.7 Å². The highest BCUT2D eigenvalue weighted by Crippen LogP contribution is 2.32. The molecule has 48 heavy (non-hydrogen) atoms. The van der Waals surface area contributed by atoms with E-state index in [4.69, 9.17) is 4.74 Å². The average molecular weight is 668 g/mol. The lowest BCUT2D eigenvalue weighted by Gasteiger charge is -2.36. The highest BCUT2D eigenvalue weighted by molar-refractivity contribution is 6.00. The van der Waals surface area contributed by atoms with Gasteiger partial charge in [0, 0.05) is 51.4 Å². The van der Waals surface area contributed by atoms with Gasteiger partial charge in [-0.3, -0.25) is 23.9 Å². The first-order valence-electron chi connectivity index (χ1n) is 17.4. The number of amides is 4. The molecule has 3 fully saturated rings. The lowest BCUT2D eigenvalue weighted by atomic mass is 9.79. The Kier molecular flexibility index (Phi) is 11.9. The van der Waals surface area contributed by atoms with Crippen molar-refractivity contribution < 1.29 is 28.3 Å². The van der Waals surface area contributed by atoms with Crippen molar-refractivity contribution in [3.63, 3.8) is 0 Å². The number of hydrogen-bond donors (Lipinski definition) is 3. The molecule has 12 nitrogen and oxygen atoms in total. The van der Waals surface area contributed by atoms with Crippen LogP contribution in [0, 0.1) is 17.7 Å². The minimum Gasteiger partial charge on any atom is -0.368 e. The molecule has 0 radical (unpaired) electrons. The quantitative estimate of drug-likeness (QED) is 0.335. The molecule has 1 aromatic carbocycles. The second-order valence-electron chi connectivity index (χ2n) is 13.6. The van der Waals surface area contributed by atoms with Gasteiger partial charge >= 0.3 is 0 Å². The zero-order chi connectivity index (χ0) is 34.4. The molecule has 1 saturated carbocycles. The third-order valence-electron chi connectivity index (χ3n) is 10.2. The molecule has 4 amide bonds. The third kappa shape index (κ3) is 8.41. The molecule has 13 heteroatoms. The fourth-order valence-electron chi connectivity index (χ4n) is 6.98. The first-order chi connectivity index (χ1) is 23.0. The zero-order valence-electron chi connectivity index (χ0n) is 28.5. The summed E-state index contributed by atoms with van der Waals surface area (Å²) in [6.45, 7) is 9.36. The minimum absolute atomic E-state index is 0.0247. The van der Waals surface area contributed by atoms with Crippen LogP contribution < -0.4 is 16.0 Å². The summed E-state index contributed by atoms with van der Waals surface area (Å²) in [5.74, 6) is -2.25. The van der Waals surface area contributed by atoms with Crippen LogP contribution in [0.3, 0.4) is 0 Å². The first-order valence-corrected chi connectivity index (χ1v) is 17.4. The van der Waals surface area contributed by atoms with Crippen molar-refractivity contribution in [1.29, 1.82) is 0 Å². The molecule has 0 bridgehead atoms. The van der Waals surface area contributed by atoms with E-state index in [0.717, 1.165) is 45.2 Å². The maximum absolute atomic E-state index is 15.8. The van der Waals surface area contributed by atoms with Crippen LogP contribution in [0.2, 0.25) is 0 Å². The smallest absolute Gasteiger partial charge is 0.270 e. The largest absolute Gasteiger partial charge is 0.368 e. The summed E-state index contributed by atoms with van der Waals surface area (Å²) >= 11 is 0. The Balaban J connectivity index is 1.33. The second-order valence-corrected chi connectivity index (χ2v) is 13.6.